The van der Waals surface area contributed by atoms with E-state index in [9.17, 15) is 0 Å². The van der Waals surface area contributed by atoms with Crippen LogP contribution in [0.3, 0.4) is 0 Å². The van der Waals surface area contributed by atoms with Crippen LogP contribution >= 0.6 is 15.9 Å². The zero-order valence-corrected chi connectivity index (χ0v) is 11.9. The van der Waals surface area contributed by atoms with Gasteiger partial charge in [0.15, 0.2) is 5.82 Å². The van der Waals surface area contributed by atoms with E-state index in [1.807, 2.05) is 25.1 Å². The molecule has 0 aliphatic rings. The van der Waals surface area contributed by atoms with Crippen molar-refractivity contribution in [1.82, 2.24) is 14.8 Å². The van der Waals surface area contributed by atoms with Crippen molar-refractivity contribution in [2.45, 2.75) is 19.5 Å². The van der Waals surface area contributed by atoms with Crippen molar-refractivity contribution in [3.63, 3.8) is 0 Å². The van der Waals surface area contributed by atoms with E-state index < -0.39 is 0 Å². The van der Waals surface area contributed by atoms with Crippen LogP contribution in [0.1, 0.15) is 24.4 Å². The van der Waals surface area contributed by atoms with Gasteiger partial charge in [-0.15, -0.1) is 0 Å². The van der Waals surface area contributed by atoms with Crippen molar-refractivity contribution >= 4 is 15.9 Å². The van der Waals surface area contributed by atoms with Crippen LogP contribution in [0, 0.1) is 0 Å². The van der Waals surface area contributed by atoms with E-state index in [0.717, 1.165) is 15.8 Å². The predicted octanol–water partition coefficient (Wildman–Crippen LogP) is 2.12. The third-order valence-corrected chi connectivity index (χ3v) is 3.14. The number of benzene rings is 1. The predicted molar refractivity (Wildman–Crippen MR) is 72.4 cm³/mol. The maximum Gasteiger partial charge on any atom is 0.166 e. The summed E-state index contributed by atoms with van der Waals surface area (Å²) in [7, 11) is 1.64. The molecule has 18 heavy (non-hydrogen) atoms. The molecule has 1 atom stereocenters. The molecule has 0 radical (unpaired) electrons. The number of halogens is 1. The van der Waals surface area contributed by atoms with Crippen molar-refractivity contribution in [1.29, 1.82) is 0 Å². The minimum atomic E-state index is -0.145. The summed E-state index contributed by atoms with van der Waals surface area (Å²) in [5.41, 5.74) is 6.83. The highest BCUT2D eigenvalue weighted by Gasteiger charge is 2.07. The maximum absolute atomic E-state index is 5.72. The molecule has 6 heteroatoms. The van der Waals surface area contributed by atoms with Crippen LogP contribution in [0.5, 0.6) is 5.75 Å². The van der Waals surface area contributed by atoms with Gasteiger partial charge in [0, 0.05) is 0 Å². The van der Waals surface area contributed by atoms with Gasteiger partial charge in [0.25, 0.3) is 0 Å². The number of ether oxygens (including phenoxy) is 1. The van der Waals surface area contributed by atoms with Gasteiger partial charge >= 0.3 is 0 Å². The van der Waals surface area contributed by atoms with Crippen LogP contribution in [-0.4, -0.2) is 21.9 Å². The molecule has 5 nitrogen and oxygen atoms in total. The minimum Gasteiger partial charge on any atom is -0.496 e. The van der Waals surface area contributed by atoms with E-state index in [-0.39, 0.29) is 6.04 Å². The summed E-state index contributed by atoms with van der Waals surface area (Å²) in [6.07, 6.45) is 1.69. The summed E-state index contributed by atoms with van der Waals surface area (Å²) in [5.74, 6) is 1.47. The Balaban J connectivity index is 2.15. The first-order chi connectivity index (χ1) is 8.60. The molecule has 0 fully saturated rings. The SMILES string of the molecule is COc1ccc(Cn2cnc(C(C)N)n2)cc1Br. The van der Waals surface area contributed by atoms with Crippen molar-refractivity contribution in [3.05, 3.63) is 40.4 Å². The zero-order chi connectivity index (χ0) is 13.1. The molecule has 0 amide bonds. The van der Waals surface area contributed by atoms with Crippen LogP contribution in [-0.2, 0) is 6.54 Å². The van der Waals surface area contributed by atoms with Gasteiger partial charge in [0.2, 0.25) is 0 Å². The fraction of sp³-hybridized carbons (Fsp3) is 0.333. The van der Waals surface area contributed by atoms with Crippen LogP contribution < -0.4 is 10.5 Å². The third kappa shape index (κ3) is 2.88. The van der Waals surface area contributed by atoms with Gasteiger partial charge in [0.05, 0.1) is 24.2 Å². The van der Waals surface area contributed by atoms with Crippen LogP contribution in [0.2, 0.25) is 0 Å². The lowest BCUT2D eigenvalue weighted by molar-refractivity contribution is 0.412. The van der Waals surface area contributed by atoms with Gasteiger partial charge in [-0.2, -0.15) is 5.10 Å². The van der Waals surface area contributed by atoms with E-state index in [0.29, 0.717) is 12.4 Å². The first-order valence-corrected chi connectivity index (χ1v) is 6.37. The van der Waals surface area contributed by atoms with Gasteiger partial charge in [-0.05, 0) is 40.5 Å². The molecule has 2 aromatic rings. The highest BCUT2D eigenvalue weighted by Crippen LogP contribution is 2.25. The minimum absolute atomic E-state index is 0.145. The highest BCUT2D eigenvalue weighted by atomic mass is 79.9. The fourth-order valence-corrected chi connectivity index (χ4v) is 2.18. The second-order valence-corrected chi connectivity index (χ2v) is 4.91. The molecule has 0 bridgehead atoms. The fourth-order valence-electron chi connectivity index (χ4n) is 1.59. The van der Waals surface area contributed by atoms with Gasteiger partial charge in [-0.3, -0.25) is 0 Å². The number of aromatic nitrogens is 3. The first-order valence-electron chi connectivity index (χ1n) is 5.57. The summed E-state index contributed by atoms with van der Waals surface area (Å²) in [5, 5.41) is 4.31. The monoisotopic (exact) mass is 310 g/mol. The molecule has 96 valence electrons. The summed E-state index contributed by atoms with van der Waals surface area (Å²) in [6.45, 7) is 2.52. The average Bonchev–Trinajstić information content (AvgIpc) is 2.78. The lowest BCUT2D eigenvalue weighted by Crippen LogP contribution is -2.08. The average molecular weight is 311 g/mol. The van der Waals surface area contributed by atoms with E-state index in [2.05, 4.69) is 26.0 Å². The first kappa shape index (κ1) is 13.0. The quantitative estimate of drug-likeness (QED) is 0.939. The van der Waals surface area contributed by atoms with Gasteiger partial charge < -0.3 is 10.5 Å². The van der Waals surface area contributed by atoms with Crippen molar-refractivity contribution in [3.8, 4) is 5.75 Å². The second kappa shape index (κ2) is 5.49. The standard InChI is InChI=1S/C12H15BrN4O/c1-8(14)12-15-7-17(16-12)6-9-3-4-11(18-2)10(13)5-9/h3-5,7-8H,6,14H2,1-2H3. The molecule has 1 unspecified atom stereocenters. The smallest absolute Gasteiger partial charge is 0.166 e. The van der Waals surface area contributed by atoms with E-state index in [1.54, 1.807) is 18.1 Å². The Morgan fingerprint density at radius 2 is 2.28 bits per heavy atom. The number of rotatable bonds is 4. The molecule has 0 aliphatic heterocycles. The highest BCUT2D eigenvalue weighted by molar-refractivity contribution is 9.10. The van der Waals surface area contributed by atoms with E-state index in [1.165, 1.54) is 0 Å². The number of nitrogens with two attached hydrogens (primary N) is 1. The lowest BCUT2D eigenvalue weighted by atomic mass is 10.2. The summed E-state index contributed by atoms with van der Waals surface area (Å²) < 4.78 is 7.88. The molecule has 0 spiro atoms. The Morgan fingerprint density at radius 3 is 2.83 bits per heavy atom. The number of hydrogen-bond donors (Lipinski definition) is 1. The molecule has 2 rings (SSSR count). The van der Waals surface area contributed by atoms with Crippen molar-refractivity contribution < 1.29 is 4.74 Å². The van der Waals surface area contributed by atoms with Gasteiger partial charge in [-0.1, -0.05) is 6.07 Å². The largest absolute Gasteiger partial charge is 0.496 e. The normalized spacial score (nSPS) is 12.4. The summed E-state index contributed by atoms with van der Waals surface area (Å²) in [4.78, 5) is 4.16. The third-order valence-electron chi connectivity index (χ3n) is 2.52. The van der Waals surface area contributed by atoms with Crippen LogP contribution in [0.4, 0.5) is 0 Å². The van der Waals surface area contributed by atoms with Crippen molar-refractivity contribution in [2.75, 3.05) is 7.11 Å². The van der Waals surface area contributed by atoms with Gasteiger partial charge in [-0.25, -0.2) is 9.67 Å². The maximum atomic E-state index is 5.72. The van der Waals surface area contributed by atoms with E-state index in [4.69, 9.17) is 10.5 Å². The molecule has 0 saturated carbocycles. The molecule has 0 saturated heterocycles. The van der Waals surface area contributed by atoms with Crippen molar-refractivity contribution in [2.24, 2.45) is 5.73 Å². The number of nitrogens with zero attached hydrogens (tertiary/aromatic N) is 3. The molecule has 1 heterocycles. The molecule has 0 aliphatic carbocycles. The van der Waals surface area contributed by atoms with Crippen LogP contribution in [0.15, 0.2) is 29.0 Å². The Bertz CT molecular complexity index is 539. The molecular weight excluding hydrogens is 296 g/mol. The van der Waals surface area contributed by atoms with Crippen LogP contribution in [0.25, 0.3) is 0 Å². The number of methoxy groups -OCH3 is 1. The van der Waals surface area contributed by atoms with Gasteiger partial charge in [0.1, 0.15) is 12.1 Å². The summed E-state index contributed by atoms with van der Waals surface area (Å²) in [6, 6.07) is 5.78. The Morgan fingerprint density at radius 1 is 1.50 bits per heavy atom. The second-order valence-electron chi connectivity index (χ2n) is 4.06. The molecule has 1 aromatic heterocycles. The zero-order valence-electron chi connectivity index (χ0n) is 10.3. The topological polar surface area (TPSA) is 66.0 Å². The molecule has 2 N–H and O–H groups in total. The summed E-state index contributed by atoms with van der Waals surface area (Å²) >= 11 is 3.46. The Kier molecular flexibility index (Phi) is 3.98. The Labute approximate surface area is 114 Å². The Hall–Kier alpha value is -1.40. The number of hydrogen-bond acceptors (Lipinski definition) is 4. The molecular formula is C12H15BrN4O. The van der Waals surface area contributed by atoms with E-state index >= 15 is 0 Å². The lowest BCUT2D eigenvalue weighted by Gasteiger charge is -2.06. The molecule has 1 aromatic carbocycles.